The average molecular weight is 292 g/mol. The van der Waals surface area contributed by atoms with E-state index < -0.39 is 0 Å². The zero-order valence-corrected chi connectivity index (χ0v) is 13.5. The molecule has 0 saturated heterocycles. The van der Waals surface area contributed by atoms with Crippen molar-refractivity contribution in [2.75, 3.05) is 0 Å². The predicted octanol–water partition coefficient (Wildman–Crippen LogP) is 3.23. The van der Waals surface area contributed by atoms with E-state index in [4.69, 9.17) is 5.73 Å². The van der Waals surface area contributed by atoms with Crippen molar-refractivity contribution in [2.24, 2.45) is 29.4 Å². The van der Waals surface area contributed by atoms with Crippen molar-refractivity contribution in [2.45, 2.75) is 83.2 Å². The fourth-order valence-corrected chi connectivity index (χ4v) is 5.10. The molecule has 3 fully saturated rings. The van der Waals surface area contributed by atoms with Crippen LogP contribution >= 0.6 is 0 Å². The average Bonchev–Trinajstić information content (AvgIpc) is 2.47. The molecule has 3 saturated carbocycles. The summed E-state index contributed by atoms with van der Waals surface area (Å²) in [6, 6.07) is 0.715. The van der Waals surface area contributed by atoms with Crippen molar-refractivity contribution in [1.29, 1.82) is 0 Å². The van der Waals surface area contributed by atoms with E-state index in [0.717, 1.165) is 12.8 Å². The molecule has 0 aromatic heterocycles. The molecular formula is C18H32N2O. The molecule has 0 aromatic rings. The van der Waals surface area contributed by atoms with Gasteiger partial charge in [-0.1, -0.05) is 25.7 Å². The normalized spacial score (nSPS) is 38.8. The van der Waals surface area contributed by atoms with Gasteiger partial charge >= 0.3 is 0 Å². The highest BCUT2D eigenvalue weighted by Crippen LogP contribution is 2.42. The van der Waals surface area contributed by atoms with Crippen molar-refractivity contribution in [3.05, 3.63) is 0 Å². The van der Waals surface area contributed by atoms with E-state index in [1.165, 1.54) is 51.4 Å². The van der Waals surface area contributed by atoms with Gasteiger partial charge in [0.1, 0.15) is 0 Å². The highest BCUT2D eigenvalue weighted by Gasteiger charge is 2.40. The molecule has 3 aliphatic carbocycles. The fraction of sp³-hybridized carbons (Fsp3) is 0.944. The highest BCUT2D eigenvalue weighted by atomic mass is 16.1. The summed E-state index contributed by atoms with van der Waals surface area (Å²) in [7, 11) is 0. The number of carbonyl (C=O) groups is 1. The largest absolute Gasteiger partial charge is 0.353 e. The van der Waals surface area contributed by atoms with Crippen LogP contribution in [0.3, 0.4) is 0 Å². The molecule has 2 bridgehead atoms. The molecule has 3 nitrogen and oxygen atoms in total. The zero-order valence-electron chi connectivity index (χ0n) is 13.5. The number of carbonyl (C=O) groups excluding carboxylic acids is 1. The molecule has 0 spiro atoms. The minimum Gasteiger partial charge on any atom is -0.353 e. The molecule has 0 radical (unpaired) electrons. The van der Waals surface area contributed by atoms with Crippen LogP contribution in [0.2, 0.25) is 0 Å². The summed E-state index contributed by atoms with van der Waals surface area (Å²) < 4.78 is 0. The lowest BCUT2D eigenvalue weighted by molar-refractivity contribution is -0.129. The van der Waals surface area contributed by atoms with Gasteiger partial charge < -0.3 is 11.1 Å². The van der Waals surface area contributed by atoms with Gasteiger partial charge in [-0.2, -0.15) is 0 Å². The molecule has 3 rings (SSSR count). The molecule has 3 atom stereocenters. The maximum Gasteiger partial charge on any atom is 0.223 e. The van der Waals surface area contributed by atoms with Crippen molar-refractivity contribution >= 4 is 5.91 Å². The van der Waals surface area contributed by atoms with Crippen LogP contribution in [0.5, 0.6) is 0 Å². The van der Waals surface area contributed by atoms with Crippen LogP contribution in [0.4, 0.5) is 0 Å². The van der Waals surface area contributed by atoms with Gasteiger partial charge in [-0.05, 0) is 63.2 Å². The highest BCUT2D eigenvalue weighted by molar-refractivity contribution is 5.79. The van der Waals surface area contributed by atoms with E-state index in [1.54, 1.807) is 0 Å². The Hall–Kier alpha value is -0.570. The van der Waals surface area contributed by atoms with Crippen LogP contribution in [-0.4, -0.2) is 18.0 Å². The molecule has 3 heteroatoms. The fourth-order valence-electron chi connectivity index (χ4n) is 5.10. The molecule has 3 unspecified atom stereocenters. The summed E-state index contributed by atoms with van der Waals surface area (Å²) in [4.78, 5) is 12.6. The summed E-state index contributed by atoms with van der Waals surface area (Å²) in [5.41, 5.74) is 6.33. The van der Waals surface area contributed by atoms with Crippen LogP contribution in [0.15, 0.2) is 0 Å². The Morgan fingerprint density at radius 3 is 2.24 bits per heavy atom. The second-order valence-electron chi connectivity index (χ2n) is 7.89. The number of rotatable bonds is 3. The summed E-state index contributed by atoms with van der Waals surface area (Å²) in [5.74, 6) is 2.44. The van der Waals surface area contributed by atoms with E-state index in [9.17, 15) is 4.79 Å². The van der Waals surface area contributed by atoms with Crippen LogP contribution in [0.25, 0.3) is 0 Å². The molecular weight excluding hydrogens is 260 g/mol. The Morgan fingerprint density at radius 2 is 1.62 bits per heavy atom. The minimum absolute atomic E-state index is 0.228. The van der Waals surface area contributed by atoms with E-state index in [0.29, 0.717) is 35.7 Å². The van der Waals surface area contributed by atoms with Crippen LogP contribution < -0.4 is 11.1 Å². The van der Waals surface area contributed by atoms with Crippen LogP contribution in [0.1, 0.15) is 71.1 Å². The lowest BCUT2D eigenvalue weighted by Gasteiger charge is -2.44. The monoisotopic (exact) mass is 292 g/mol. The van der Waals surface area contributed by atoms with Crippen molar-refractivity contribution in [3.8, 4) is 0 Å². The van der Waals surface area contributed by atoms with Gasteiger partial charge in [-0.3, -0.25) is 4.79 Å². The second-order valence-corrected chi connectivity index (χ2v) is 7.89. The molecule has 0 aliphatic heterocycles. The number of hydrogen-bond acceptors (Lipinski definition) is 2. The van der Waals surface area contributed by atoms with Gasteiger partial charge in [0.2, 0.25) is 5.91 Å². The number of amides is 1. The van der Waals surface area contributed by atoms with Gasteiger partial charge in [0, 0.05) is 18.0 Å². The number of fused-ring (bicyclic) bond motifs is 2. The molecule has 3 N–H and O–H groups in total. The van der Waals surface area contributed by atoms with Crippen LogP contribution in [-0.2, 0) is 4.79 Å². The van der Waals surface area contributed by atoms with Crippen molar-refractivity contribution in [1.82, 2.24) is 5.32 Å². The number of nitrogens with two attached hydrogens (primary N) is 1. The molecule has 3 aliphatic rings. The maximum atomic E-state index is 12.6. The van der Waals surface area contributed by atoms with Gasteiger partial charge in [0.05, 0.1) is 0 Å². The first kappa shape index (κ1) is 15.3. The quantitative estimate of drug-likeness (QED) is 0.839. The molecule has 120 valence electrons. The first-order valence-electron chi connectivity index (χ1n) is 9.21. The van der Waals surface area contributed by atoms with E-state index >= 15 is 0 Å². The molecule has 1 amide bonds. The second kappa shape index (κ2) is 6.68. The third-order valence-corrected chi connectivity index (χ3v) is 6.51. The number of hydrogen-bond donors (Lipinski definition) is 2. The molecule has 21 heavy (non-hydrogen) atoms. The first-order chi connectivity index (χ1) is 10.1. The topological polar surface area (TPSA) is 55.1 Å². The summed E-state index contributed by atoms with van der Waals surface area (Å²) in [5, 5.41) is 3.34. The predicted molar refractivity (Wildman–Crippen MR) is 85.7 cm³/mol. The van der Waals surface area contributed by atoms with Gasteiger partial charge in [0.15, 0.2) is 0 Å². The first-order valence-corrected chi connectivity index (χ1v) is 9.21. The Balaban J connectivity index is 1.53. The van der Waals surface area contributed by atoms with Crippen LogP contribution in [0, 0.1) is 23.7 Å². The minimum atomic E-state index is 0.228. The summed E-state index contributed by atoms with van der Waals surface area (Å²) in [6.07, 6.45) is 12.5. The SMILES string of the molecule is CC(NC(=O)C1CC2CCCC(C1)C2N)C1CCCCC1. The number of nitrogens with one attached hydrogen (secondary N) is 1. The Kier molecular flexibility index (Phi) is 4.88. The zero-order chi connectivity index (χ0) is 14.8. The lowest BCUT2D eigenvalue weighted by Crippen LogP contribution is -2.50. The lowest BCUT2D eigenvalue weighted by atomic mass is 9.65. The van der Waals surface area contributed by atoms with Crippen molar-refractivity contribution < 1.29 is 4.79 Å². The standard InChI is InChI=1S/C18H32N2O/c1-12(13-6-3-2-4-7-13)20-18(21)16-10-14-8-5-9-15(11-16)17(14)19/h12-17H,2-11,19H2,1H3,(H,20,21). The third-order valence-electron chi connectivity index (χ3n) is 6.51. The maximum absolute atomic E-state index is 12.6. The van der Waals surface area contributed by atoms with E-state index in [-0.39, 0.29) is 5.92 Å². The van der Waals surface area contributed by atoms with E-state index in [2.05, 4.69) is 12.2 Å². The Morgan fingerprint density at radius 1 is 1.00 bits per heavy atom. The molecule has 0 heterocycles. The molecule has 0 aromatic carbocycles. The Labute approximate surface area is 129 Å². The Bertz CT molecular complexity index is 350. The third kappa shape index (κ3) is 3.44. The van der Waals surface area contributed by atoms with Crippen molar-refractivity contribution in [3.63, 3.8) is 0 Å². The van der Waals surface area contributed by atoms with Gasteiger partial charge in [-0.15, -0.1) is 0 Å². The van der Waals surface area contributed by atoms with Gasteiger partial charge in [-0.25, -0.2) is 0 Å². The van der Waals surface area contributed by atoms with E-state index in [1.807, 2.05) is 0 Å². The van der Waals surface area contributed by atoms with Gasteiger partial charge in [0.25, 0.3) is 0 Å². The summed E-state index contributed by atoms with van der Waals surface area (Å²) in [6.45, 7) is 2.21. The summed E-state index contributed by atoms with van der Waals surface area (Å²) >= 11 is 0. The smallest absolute Gasteiger partial charge is 0.223 e.